The van der Waals surface area contributed by atoms with E-state index in [1.165, 1.54) is 5.56 Å². The van der Waals surface area contributed by atoms with Gasteiger partial charge in [-0.25, -0.2) is 14.6 Å². The van der Waals surface area contributed by atoms with Gasteiger partial charge in [0.1, 0.15) is 11.6 Å². The van der Waals surface area contributed by atoms with Crippen molar-refractivity contribution in [1.29, 1.82) is 0 Å². The Labute approximate surface area is 152 Å². The maximum absolute atomic E-state index is 11.6. The van der Waals surface area contributed by atoms with Crippen molar-refractivity contribution >= 4 is 22.8 Å². The third kappa shape index (κ3) is 2.89. The third-order valence-electron chi connectivity index (χ3n) is 4.79. The molecule has 0 saturated carbocycles. The SMILES string of the molecule is CC(=O)N1CCN(c2nc(C)nc3c2cnn3-c2cccc(C)c2)CC1. The minimum absolute atomic E-state index is 0.126. The predicted molar refractivity (Wildman–Crippen MR) is 101 cm³/mol. The van der Waals surface area contributed by atoms with E-state index >= 15 is 0 Å². The van der Waals surface area contributed by atoms with Crippen LogP contribution in [0.15, 0.2) is 30.5 Å². The lowest BCUT2D eigenvalue weighted by Crippen LogP contribution is -2.48. The van der Waals surface area contributed by atoms with Gasteiger partial charge in [-0.3, -0.25) is 4.79 Å². The molecule has 7 heteroatoms. The van der Waals surface area contributed by atoms with E-state index in [9.17, 15) is 4.79 Å². The summed E-state index contributed by atoms with van der Waals surface area (Å²) in [6.07, 6.45) is 1.84. The summed E-state index contributed by atoms with van der Waals surface area (Å²) in [7, 11) is 0. The first-order valence-corrected chi connectivity index (χ1v) is 8.83. The molecule has 1 amide bonds. The molecule has 0 radical (unpaired) electrons. The molecule has 4 rings (SSSR count). The number of benzene rings is 1. The zero-order valence-electron chi connectivity index (χ0n) is 15.3. The maximum Gasteiger partial charge on any atom is 0.219 e. The molecule has 2 aromatic heterocycles. The van der Waals surface area contributed by atoms with Crippen LogP contribution in [0.2, 0.25) is 0 Å². The fraction of sp³-hybridized carbons (Fsp3) is 0.368. The lowest BCUT2D eigenvalue weighted by molar-refractivity contribution is -0.129. The molecule has 0 bridgehead atoms. The number of nitrogens with zero attached hydrogens (tertiary/aromatic N) is 6. The monoisotopic (exact) mass is 350 g/mol. The molecule has 3 aromatic rings. The fourth-order valence-electron chi connectivity index (χ4n) is 3.42. The molecule has 134 valence electrons. The molecule has 26 heavy (non-hydrogen) atoms. The standard InChI is InChI=1S/C19H22N6O/c1-13-5-4-6-16(11-13)25-19-17(12-20-25)18(21-14(2)22-19)24-9-7-23(8-10-24)15(3)26/h4-6,11-12H,7-10H2,1-3H3. The van der Waals surface area contributed by atoms with Crippen LogP contribution in [-0.2, 0) is 4.79 Å². The van der Waals surface area contributed by atoms with Gasteiger partial charge in [-0.2, -0.15) is 5.10 Å². The average Bonchev–Trinajstić information content (AvgIpc) is 3.05. The van der Waals surface area contributed by atoms with E-state index in [0.717, 1.165) is 41.5 Å². The summed E-state index contributed by atoms with van der Waals surface area (Å²) in [5.74, 6) is 1.74. The third-order valence-corrected chi connectivity index (χ3v) is 4.79. The number of aryl methyl sites for hydroxylation is 2. The van der Waals surface area contributed by atoms with Crippen LogP contribution in [0.3, 0.4) is 0 Å². The number of carbonyl (C=O) groups excluding carboxylic acids is 1. The molecule has 1 fully saturated rings. The number of piperazine rings is 1. The lowest BCUT2D eigenvalue weighted by Gasteiger charge is -2.35. The molecule has 0 unspecified atom stereocenters. The van der Waals surface area contributed by atoms with Gasteiger partial charge in [0.2, 0.25) is 5.91 Å². The largest absolute Gasteiger partial charge is 0.352 e. The zero-order chi connectivity index (χ0) is 18.3. The van der Waals surface area contributed by atoms with Crippen molar-refractivity contribution in [3.05, 3.63) is 41.9 Å². The van der Waals surface area contributed by atoms with Crippen LogP contribution < -0.4 is 4.90 Å². The minimum atomic E-state index is 0.126. The first-order valence-electron chi connectivity index (χ1n) is 8.83. The number of hydrogen-bond acceptors (Lipinski definition) is 5. The highest BCUT2D eigenvalue weighted by Gasteiger charge is 2.23. The molecule has 0 N–H and O–H groups in total. The number of amides is 1. The molecule has 7 nitrogen and oxygen atoms in total. The van der Waals surface area contributed by atoms with Gasteiger partial charge in [-0.05, 0) is 31.5 Å². The number of rotatable bonds is 2. The smallest absolute Gasteiger partial charge is 0.219 e. The Balaban J connectivity index is 1.74. The van der Waals surface area contributed by atoms with E-state index in [1.54, 1.807) is 6.92 Å². The van der Waals surface area contributed by atoms with Crippen molar-refractivity contribution in [3.8, 4) is 5.69 Å². The molecule has 0 aliphatic carbocycles. The Kier molecular flexibility index (Phi) is 4.06. The summed E-state index contributed by atoms with van der Waals surface area (Å²) in [4.78, 5) is 25.0. The summed E-state index contributed by atoms with van der Waals surface area (Å²) < 4.78 is 1.87. The van der Waals surface area contributed by atoms with Crippen molar-refractivity contribution in [3.63, 3.8) is 0 Å². The van der Waals surface area contributed by atoms with Crippen LogP contribution in [0.25, 0.3) is 16.7 Å². The second kappa shape index (κ2) is 6.40. The second-order valence-corrected chi connectivity index (χ2v) is 6.72. The molecule has 0 spiro atoms. The Morgan fingerprint density at radius 2 is 1.85 bits per heavy atom. The van der Waals surface area contributed by atoms with Gasteiger partial charge in [0.15, 0.2) is 5.65 Å². The fourth-order valence-corrected chi connectivity index (χ4v) is 3.42. The Hall–Kier alpha value is -2.96. The highest BCUT2D eigenvalue weighted by molar-refractivity contribution is 5.88. The van der Waals surface area contributed by atoms with E-state index in [1.807, 2.05) is 34.8 Å². The molecular weight excluding hydrogens is 328 g/mol. The molecule has 3 heterocycles. The van der Waals surface area contributed by atoms with E-state index in [0.29, 0.717) is 13.1 Å². The second-order valence-electron chi connectivity index (χ2n) is 6.72. The quantitative estimate of drug-likeness (QED) is 0.708. The van der Waals surface area contributed by atoms with Gasteiger partial charge < -0.3 is 9.80 Å². The zero-order valence-corrected chi connectivity index (χ0v) is 15.3. The van der Waals surface area contributed by atoms with Gasteiger partial charge in [0, 0.05) is 33.1 Å². The Morgan fingerprint density at radius 1 is 1.08 bits per heavy atom. The maximum atomic E-state index is 11.6. The number of carbonyl (C=O) groups is 1. The first-order chi connectivity index (χ1) is 12.5. The first kappa shape index (κ1) is 16.5. The Morgan fingerprint density at radius 3 is 2.54 bits per heavy atom. The summed E-state index contributed by atoms with van der Waals surface area (Å²) in [6, 6.07) is 8.21. The number of anilines is 1. The highest BCUT2D eigenvalue weighted by atomic mass is 16.2. The van der Waals surface area contributed by atoms with E-state index in [4.69, 9.17) is 0 Å². The van der Waals surface area contributed by atoms with Crippen LogP contribution in [0, 0.1) is 13.8 Å². The van der Waals surface area contributed by atoms with E-state index in [-0.39, 0.29) is 5.91 Å². The Bertz CT molecular complexity index is 971. The van der Waals surface area contributed by atoms with Gasteiger partial charge in [0.05, 0.1) is 17.3 Å². The number of hydrogen-bond donors (Lipinski definition) is 0. The molecule has 1 aromatic carbocycles. The van der Waals surface area contributed by atoms with Crippen LogP contribution in [0.1, 0.15) is 18.3 Å². The van der Waals surface area contributed by atoms with Crippen molar-refractivity contribution in [1.82, 2.24) is 24.6 Å². The van der Waals surface area contributed by atoms with E-state index in [2.05, 4.69) is 39.0 Å². The molecule has 0 atom stereocenters. The van der Waals surface area contributed by atoms with Crippen molar-refractivity contribution in [2.75, 3.05) is 31.1 Å². The van der Waals surface area contributed by atoms with Gasteiger partial charge in [0.25, 0.3) is 0 Å². The van der Waals surface area contributed by atoms with Gasteiger partial charge in [-0.15, -0.1) is 0 Å². The van der Waals surface area contributed by atoms with Crippen molar-refractivity contribution < 1.29 is 4.79 Å². The summed E-state index contributed by atoms with van der Waals surface area (Å²) >= 11 is 0. The summed E-state index contributed by atoms with van der Waals surface area (Å²) in [6.45, 7) is 8.55. The topological polar surface area (TPSA) is 67.2 Å². The number of aromatic nitrogens is 4. The van der Waals surface area contributed by atoms with Crippen LogP contribution >= 0.6 is 0 Å². The molecule has 1 saturated heterocycles. The lowest BCUT2D eigenvalue weighted by atomic mass is 10.2. The van der Waals surface area contributed by atoms with Crippen molar-refractivity contribution in [2.45, 2.75) is 20.8 Å². The van der Waals surface area contributed by atoms with Crippen molar-refractivity contribution in [2.24, 2.45) is 0 Å². The summed E-state index contributed by atoms with van der Waals surface area (Å²) in [5.41, 5.74) is 2.98. The molecular formula is C19H22N6O. The van der Waals surface area contributed by atoms with E-state index < -0.39 is 0 Å². The minimum Gasteiger partial charge on any atom is -0.352 e. The summed E-state index contributed by atoms with van der Waals surface area (Å²) in [5, 5.41) is 5.51. The molecule has 1 aliphatic rings. The van der Waals surface area contributed by atoms with Gasteiger partial charge >= 0.3 is 0 Å². The van der Waals surface area contributed by atoms with Gasteiger partial charge in [-0.1, -0.05) is 12.1 Å². The normalized spacial score (nSPS) is 14.9. The van der Waals surface area contributed by atoms with Crippen LogP contribution in [0.4, 0.5) is 5.82 Å². The molecule has 1 aliphatic heterocycles. The predicted octanol–water partition coefficient (Wildman–Crippen LogP) is 2.10. The average molecular weight is 350 g/mol. The van der Waals surface area contributed by atoms with Crippen LogP contribution in [-0.4, -0.2) is 56.7 Å². The van der Waals surface area contributed by atoms with Crippen LogP contribution in [0.5, 0.6) is 0 Å². The highest BCUT2D eigenvalue weighted by Crippen LogP contribution is 2.26. The number of fused-ring (bicyclic) bond motifs is 1.